The van der Waals surface area contributed by atoms with Gasteiger partial charge in [0.1, 0.15) is 18.4 Å². The summed E-state index contributed by atoms with van der Waals surface area (Å²) in [5.74, 6) is 0.582. The number of para-hydroxylation sites is 2. The Morgan fingerprint density at radius 3 is 2.29 bits per heavy atom. The molecule has 0 radical (unpaired) electrons. The number of hydrogen-bond donors (Lipinski definition) is 0. The fourth-order valence-corrected chi connectivity index (χ4v) is 2.92. The zero-order valence-electron chi connectivity index (χ0n) is 12.9. The van der Waals surface area contributed by atoms with Crippen LogP contribution in [0.2, 0.25) is 0 Å². The summed E-state index contributed by atoms with van der Waals surface area (Å²) < 4.78 is 5.89. The first-order valence-electron chi connectivity index (χ1n) is 7.75. The van der Waals surface area contributed by atoms with E-state index >= 15 is 0 Å². The number of nitrogens with zero attached hydrogens (tertiary/aromatic N) is 2. The van der Waals surface area contributed by atoms with E-state index in [0.717, 1.165) is 27.4 Å². The summed E-state index contributed by atoms with van der Waals surface area (Å²) in [6.45, 7) is 0.323. The minimum atomic E-state index is 0.323. The maximum absolute atomic E-state index is 9.18. The Hall–Kier alpha value is -3.38. The quantitative estimate of drug-likeness (QED) is 0.509. The standard InChI is InChI=1S/C21H14N2O/c22-13-15-7-1-6-12-21(15)24-14-20-18-10-3-2-8-16(18)17-9-4-5-11-19(17)23-20/h1-12H,14H2. The van der Waals surface area contributed by atoms with Gasteiger partial charge in [0.2, 0.25) is 0 Å². The summed E-state index contributed by atoms with van der Waals surface area (Å²) in [4.78, 5) is 4.77. The first-order chi connectivity index (χ1) is 11.9. The lowest BCUT2D eigenvalue weighted by atomic mass is 10.0. The van der Waals surface area contributed by atoms with Gasteiger partial charge in [-0.1, -0.05) is 54.6 Å². The molecule has 3 heteroatoms. The lowest BCUT2D eigenvalue weighted by Crippen LogP contribution is -2.01. The van der Waals surface area contributed by atoms with E-state index in [1.807, 2.05) is 48.5 Å². The second-order valence-corrected chi connectivity index (χ2v) is 5.52. The van der Waals surface area contributed by atoms with Crippen molar-refractivity contribution < 1.29 is 4.74 Å². The summed E-state index contributed by atoms with van der Waals surface area (Å²) >= 11 is 0. The predicted molar refractivity (Wildman–Crippen MR) is 94.7 cm³/mol. The van der Waals surface area contributed by atoms with Crippen LogP contribution in [-0.2, 0) is 6.61 Å². The summed E-state index contributed by atoms with van der Waals surface area (Å²) in [5.41, 5.74) is 2.35. The number of aromatic nitrogens is 1. The number of pyridine rings is 1. The van der Waals surface area contributed by atoms with Crippen molar-refractivity contribution in [1.29, 1.82) is 5.26 Å². The second-order valence-electron chi connectivity index (χ2n) is 5.52. The van der Waals surface area contributed by atoms with Crippen molar-refractivity contribution in [2.45, 2.75) is 6.61 Å². The zero-order valence-corrected chi connectivity index (χ0v) is 12.9. The molecule has 0 fully saturated rings. The SMILES string of the molecule is N#Cc1ccccc1OCc1nc2ccccc2c2ccccc12. The molecule has 3 aromatic carbocycles. The third-order valence-corrected chi connectivity index (χ3v) is 4.06. The fraction of sp³-hybridized carbons (Fsp3) is 0.0476. The van der Waals surface area contributed by atoms with Crippen LogP contribution in [0.3, 0.4) is 0 Å². The first kappa shape index (κ1) is 14.2. The van der Waals surface area contributed by atoms with Crippen molar-refractivity contribution in [2.24, 2.45) is 0 Å². The Kier molecular flexibility index (Phi) is 3.57. The van der Waals surface area contributed by atoms with Gasteiger partial charge < -0.3 is 4.74 Å². The van der Waals surface area contributed by atoms with Gasteiger partial charge in [0.05, 0.1) is 16.8 Å². The number of benzene rings is 3. The normalized spacial score (nSPS) is 10.6. The Bertz CT molecular complexity index is 1080. The molecule has 24 heavy (non-hydrogen) atoms. The highest BCUT2D eigenvalue weighted by molar-refractivity contribution is 6.06. The highest BCUT2D eigenvalue weighted by Crippen LogP contribution is 2.27. The number of hydrogen-bond acceptors (Lipinski definition) is 3. The lowest BCUT2D eigenvalue weighted by molar-refractivity contribution is 0.302. The van der Waals surface area contributed by atoms with Gasteiger partial charge in [-0.15, -0.1) is 0 Å². The minimum absolute atomic E-state index is 0.323. The van der Waals surface area contributed by atoms with E-state index in [9.17, 15) is 5.26 Å². The Morgan fingerprint density at radius 2 is 1.46 bits per heavy atom. The Morgan fingerprint density at radius 1 is 0.792 bits per heavy atom. The molecule has 0 unspecified atom stereocenters. The summed E-state index contributed by atoms with van der Waals surface area (Å²) in [6.07, 6.45) is 0. The van der Waals surface area contributed by atoms with Gasteiger partial charge in [-0.2, -0.15) is 5.26 Å². The van der Waals surface area contributed by atoms with E-state index in [-0.39, 0.29) is 0 Å². The van der Waals surface area contributed by atoms with Crippen LogP contribution in [0.25, 0.3) is 21.7 Å². The lowest BCUT2D eigenvalue weighted by Gasteiger charge is -2.11. The van der Waals surface area contributed by atoms with Crippen LogP contribution < -0.4 is 4.74 Å². The molecule has 4 rings (SSSR count). The van der Waals surface area contributed by atoms with E-state index in [2.05, 4.69) is 24.3 Å². The Balaban J connectivity index is 1.80. The zero-order chi connectivity index (χ0) is 16.4. The summed E-state index contributed by atoms with van der Waals surface area (Å²) in [5, 5.41) is 12.6. The van der Waals surface area contributed by atoms with Gasteiger partial charge in [0.25, 0.3) is 0 Å². The van der Waals surface area contributed by atoms with Crippen LogP contribution in [0.15, 0.2) is 72.8 Å². The molecule has 0 atom stereocenters. The van der Waals surface area contributed by atoms with Crippen molar-refractivity contribution in [3.8, 4) is 11.8 Å². The van der Waals surface area contributed by atoms with Crippen LogP contribution in [0.5, 0.6) is 5.75 Å². The highest BCUT2D eigenvalue weighted by atomic mass is 16.5. The maximum Gasteiger partial charge on any atom is 0.137 e. The van der Waals surface area contributed by atoms with Crippen LogP contribution in [0, 0.1) is 11.3 Å². The van der Waals surface area contributed by atoms with Gasteiger partial charge >= 0.3 is 0 Å². The molecule has 0 aliphatic carbocycles. The molecule has 0 aliphatic heterocycles. The molecule has 1 heterocycles. The average molecular weight is 310 g/mol. The smallest absolute Gasteiger partial charge is 0.137 e. The summed E-state index contributed by atoms with van der Waals surface area (Å²) in [7, 11) is 0. The second kappa shape index (κ2) is 6.02. The van der Waals surface area contributed by atoms with Crippen molar-refractivity contribution in [1.82, 2.24) is 4.98 Å². The number of fused-ring (bicyclic) bond motifs is 3. The summed E-state index contributed by atoms with van der Waals surface area (Å²) in [6, 6.07) is 25.7. The van der Waals surface area contributed by atoms with Crippen molar-refractivity contribution >= 4 is 21.7 Å². The fourth-order valence-electron chi connectivity index (χ4n) is 2.92. The number of nitriles is 1. The molecule has 0 saturated heterocycles. The molecular weight excluding hydrogens is 296 g/mol. The number of ether oxygens (including phenoxy) is 1. The monoisotopic (exact) mass is 310 g/mol. The molecular formula is C21H14N2O. The largest absolute Gasteiger partial charge is 0.486 e. The Labute approximate surface area is 139 Å². The van der Waals surface area contributed by atoms with Crippen LogP contribution >= 0.6 is 0 Å². The molecule has 0 aliphatic rings. The topological polar surface area (TPSA) is 45.9 Å². The van der Waals surface area contributed by atoms with Gasteiger partial charge in [-0.3, -0.25) is 0 Å². The van der Waals surface area contributed by atoms with E-state index in [4.69, 9.17) is 9.72 Å². The van der Waals surface area contributed by atoms with E-state index < -0.39 is 0 Å². The highest BCUT2D eigenvalue weighted by Gasteiger charge is 2.09. The van der Waals surface area contributed by atoms with Crippen LogP contribution in [0.4, 0.5) is 0 Å². The van der Waals surface area contributed by atoms with Gasteiger partial charge in [0.15, 0.2) is 0 Å². The van der Waals surface area contributed by atoms with E-state index in [1.54, 1.807) is 6.07 Å². The van der Waals surface area contributed by atoms with Crippen molar-refractivity contribution in [3.63, 3.8) is 0 Å². The molecule has 3 nitrogen and oxygen atoms in total. The molecule has 4 aromatic rings. The molecule has 0 saturated carbocycles. The van der Waals surface area contributed by atoms with E-state index in [0.29, 0.717) is 17.9 Å². The van der Waals surface area contributed by atoms with Gasteiger partial charge in [-0.25, -0.2) is 4.98 Å². The third-order valence-electron chi connectivity index (χ3n) is 4.06. The number of rotatable bonds is 3. The third kappa shape index (κ3) is 2.45. The van der Waals surface area contributed by atoms with E-state index in [1.165, 1.54) is 0 Å². The van der Waals surface area contributed by atoms with Crippen molar-refractivity contribution in [2.75, 3.05) is 0 Å². The van der Waals surface area contributed by atoms with Crippen LogP contribution in [-0.4, -0.2) is 4.98 Å². The first-order valence-corrected chi connectivity index (χ1v) is 7.75. The molecule has 1 aromatic heterocycles. The molecule has 0 N–H and O–H groups in total. The molecule has 0 spiro atoms. The van der Waals surface area contributed by atoms with Gasteiger partial charge in [-0.05, 0) is 23.6 Å². The molecule has 0 amide bonds. The molecule has 0 bridgehead atoms. The maximum atomic E-state index is 9.18. The van der Waals surface area contributed by atoms with Crippen molar-refractivity contribution in [3.05, 3.63) is 84.1 Å². The van der Waals surface area contributed by atoms with Gasteiger partial charge in [0, 0.05) is 10.8 Å². The molecule has 114 valence electrons. The average Bonchev–Trinajstić information content (AvgIpc) is 2.66. The minimum Gasteiger partial charge on any atom is -0.486 e. The van der Waals surface area contributed by atoms with Crippen LogP contribution in [0.1, 0.15) is 11.3 Å². The predicted octanol–water partition coefficient (Wildman–Crippen LogP) is 4.84.